The quantitative estimate of drug-likeness (QED) is 0.232. The molecule has 2 heterocycles. The number of rotatable bonds is 1. The highest BCUT2D eigenvalue weighted by Crippen LogP contribution is 2.50. The van der Waals surface area contributed by atoms with Crippen LogP contribution in [0, 0.1) is 0 Å². The molecule has 1 fully saturated rings. The molecule has 0 unspecified atom stereocenters. The SMILES string of the molecule is c1ccc2c(c1)ccc1c2sc2c3ccccc3c3c(c4ccccc4n3C3CCCCC3)c12. The van der Waals surface area contributed by atoms with Crippen LogP contribution in [0.1, 0.15) is 38.1 Å². The molecule has 0 N–H and O–H groups in total. The fraction of sp³-hybridized carbons (Fsp3) is 0.188. The summed E-state index contributed by atoms with van der Waals surface area (Å²) < 4.78 is 5.58. The molecular formula is C32H25NS. The van der Waals surface area contributed by atoms with Gasteiger partial charge in [0.05, 0.1) is 5.52 Å². The highest BCUT2D eigenvalue weighted by Gasteiger charge is 2.25. The monoisotopic (exact) mass is 455 g/mol. The van der Waals surface area contributed by atoms with Crippen molar-refractivity contribution in [3.63, 3.8) is 0 Å². The molecule has 0 spiro atoms. The normalized spacial score (nSPS) is 15.5. The van der Waals surface area contributed by atoms with E-state index in [0.29, 0.717) is 6.04 Å². The summed E-state index contributed by atoms with van der Waals surface area (Å²) in [5.74, 6) is 0. The van der Waals surface area contributed by atoms with Crippen molar-refractivity contribution in [2.24, 2.45) is 0 Å². The summed E-state index contributed by atoms with van der Waals surface area (Å²) in [6.07, 6.45) is 6.63. The van der Waals surface area contributed by atoms with Crippen LogP contribution in [0.25, 0.3) is 63.5 Å². The van der Waals surface area contributed by atoms with Crippen LogP contribution in [-0.2, 0) is 0 Å². The van der Waals surface area contributed by atoms with Crippen molar-refractivity contribution in [1.29, 1.82) is 0 Å². The first-order valence-electron chi connectivity index (χ1n) is 12.6. The van der Waals surface area contributed by atoms with E-state index in [0.717, 1.165) is 0 Å². The van der Waals surface area contributed by atoms with Crippen LogP contribution in [0.2, 0.25) is 0 Å². The van der Waals surface area contributed by atoms with Crippen molar-refractivity contribution in [1.82, 2.24) is 4.57 Å². The molecular weight excluding hydrogens is 430 g/mol. The summed E-state index contributed by atoms with van der Waals surface area (Å²) in [4.78, 5) is 0. The number of para-hydroxylation sites is 1. The van der Waals surface area contributed by atoms with Crippen molar-refractivity contribution in [2.75, 3.05) is 0 Å². The summed E-state index contributed by atoms with van der Waals surface area (Å²) in [6, 6.07) is 32.4. The summed E-state index contributed by atoms with van der Waals surface area (Å²) in [5, 5.41) is 11.2. The fourth-order valence-corrected chi connectivity index (χ4v) is 8.03. The van der Waals surface area contributed by atoms with Crippen LogP contribution in [0.15, 0.2) is 84.9 Å². The molecule has 1 nitrogen and oxygen atoms in total. The van der Waals surface area contributed by atoms with Crippen LogP contribution < -0.4 is 0 Å². The minimum atomic E-state index is 0.586. The molecule has 0 bridgehead atoms. The van der Waals surface area contributed by atoms with E-state index in [-0.39, 0.29) is 0 Å². The highest BCUT2D eigenvalue weighted by molar-refractivity contribution is 7.27. The minimum absolute atomic E-state index is 0.586. The molecule has 0 aliphatic heterocycles. The second-order valence-corrected chi connectivity index (χ2v) is 10.9. The van der Waals surface area contributed by atoms with Gasteiger partial charge < -0.3 is 4.57 Å². The molecule has 1 aliphatic carbocycles. The smallest absolute Gasteiger partial charge is 0.0581 e. The summed E-state index contributed by atoms with van der Waals surface area (Å²) in [7, 11) is 0. The van der Waals surface area contributed by atoms with E-state index >= 15 is 0 Å². The largest absolute Gasteiger partial charge is 0.337 e. The second kappa shape index (κ2) is 7.07. The summed E-state index contributed by atoms with van der Waals surface area (Å²) in [5.41, 5.74) is 2.85. The number of fused-ring (bicyclic) bond motifs is 12. The van der Waals surface area contributed by atoms with Crippen molar-refractivity contribution in [3.05, 3.63) is 84.9 Å². The van der Waals surface area contributed by atoms with Crippen LogP contribution in [0.3, 0.4) is 0 Å². The first-order valence-corrected chi connectivity index (χ1v) is 13.4. The van der Waals surface area contributed by atoms with Crippen molar-refractivity contribution in [2.45, 2.75) is 38.1 Å². The van der Waals surface area contributed by atoms with E-state index in [1.54, 1.807) is 0 Å². The van der Waals surface area contributed by atoms with Crippen LogP contribution in [0.4, 0.5) is 0 Å². The Kier molecular flexibility index (Phi) is 3.95. The number of benzene rings is 5. The van der Waals surface area contributed by atoms with Crippen LogP contribution in [-0.4, -0.2) is 4.57 Å². The summed E-state index contributed by atoms with van der Waals surface area (Å²) in [6.45, 7) is 0. The van der Waals surface area contributed by atoms with Gasteiger partial charge in [0, 0.05) is 53.3 Å². The van der Waals surface area contributed by atoms with Gasteiger partial charge in [0.25, 0.3) is 0 Å². The van der Waals surface area contributed by atoms with Gasteiger partial charge in [0.2, 0.25) is 0 Å². The van der Waals surface area contributed by atoms with E-state index in [2.05, 4.69) is 89.5 Å². The predicted molar refractivity (Wildman–Crippen MR) is 149 cm³/mol. The molecule has 34 heavy (non-hydrogen) atoms. The third-order valence-electron chi connectivity index (χ3n) is 8.11. The molecule has 0 saturated heterocycles. The molecule has 1 aliphatic rings. The van der Waals surface area contributed by atoms with E-state index in [1.807, 2.05) is 11.3 Å². The van der Waals surface area contributed by atoms with Gasteiger partial charge in [-0.2, -0.15) is 0 Å². The molecule has 5 aromatic carbocycles. The third kappa shape index (κ3) is 2.44. The fourth-order valence-electron chi connectivity index (χ4n) is 6.65. The Labute approximate surface area is 202 Å². The van der Waals surface area contributed by atoms with Gasteiger partial charge in [-0.25, -0.2) is 0 Å². The molecule has 8 rings (SSSR count). The molecule has 0 atom stereocenters. The van der Waals surface area contributed by atoms with Gasteiger partial charge in [-0.3, -0.25) is 0 Å². The van der Waals surface area contributed by atoms with E-state index < -0.39 is 0 Å². The van der Waals surface area contributed by atoms with Gasteiger partial charge in [0.1, 0.15) is 0 Å². The Morgan fingerprint density at radius 1 is 0.559 bits per heavy atom. The lowest BCUT2D eigenvalue weighted by atomic mass is 9.94. The molecule has 0 amide bonds. The zero-order valence-electron chi connectivity index (χ0n) is 19.1. The van der Waals surface area contributed by atoms with Gasteiger partial charge in [-0.1, -0.05) is 98.1 Å². The number of thiophene rings is 1. The zero-order chi connectivity index (χ0) is 22.2. The maximum absolute atomic E-state index is 2.73. The summed E-state index contributed by atoms with van der Waals surface area (Å²) >= 11 is 1.98. The number of hydrogen-bond donors (Lipinski definition) is 0. The van der Waals surface area contributed by atoms with Crippen molar-refractivity contribution in [3.8, 4) is 0 Å². The standard InChI is InChI=1S/C32H25NS/c1-2-11-21(12-3-1)33-27-17-9-8-16-25(27)28-29-26-19-18-20-10-4-5-13-22(20)31(26)34-32(29)24-15-7-6-14-23(24)30(28)33/h4-10,13-19,21H,1-3,11-12H2. The van der Waals surface area contributed by atoms with Gasteiger partial charge >= 0.3 is 0 Å². The first kappa shape index (κ1) is 19.0. The van der Waals surface area contributed by atoms with Crippen LogP contribution in [0.5, 0.6) is 0 Å². The van der Waals surface area contributed by atoms with Gasteiger partial charge in [-0.05, 0) is 29.7 Å². The third-order valence-corrected chi connectivity index (χ3v) is 9.38. The lowest BCUT2D eigenvalue weighted by molar-refractivity contribution is 0.368. The lowest BCUT2D eigenvalue weighted by Gasteiger charge is -2.25. The van der Waals surface area contributed by atoms with Crippen molar-refractivity contribution < 1.29 is 0 Å². The highest BCUT2D eigenvalue weighted by atomic mass is 32.1. The molecule has 2 heteroatoms. The molecule has 1 saturated carbocycles. The second-order valence-electron chi connectivity index (χ2n) is 9.92. The Balaban J connectivity index is 1.68. The molecule has 164 valence electrons. The minimum Gasteiger partial charge on any atom is -0.337 e. The average Bonchev–Trinajstić information content (AvgIpc) is 3.46. The van der Waals surface area contributed by atoms with Crippen LogP contribution >= 0.6 is 11.3 Å². The Hall–Kier alpha value is -3.36. The molecule has 2 aromatic heterocycles. The average molecular weight is 456 g/mol. The number of aromatic nitrogens is 1. The Morgan fingerprint density at radius 2 is 1.26 bits per heavy atom. The topological polar surface area (TPSA) is 4.93 Å². The van der Waals surface area contributed by atoms with Gasteiger partial charge in [0.15, 0.2) is 0 Å². The Morgan fingerprint density at radius 3 is 2.12 bits per heavy atom. The predicted octanol–water partition coefficient (Wildman–Crippen LogP) is 9.97. The molecule has 7 aromatic rings. The van der Waals surface area contributed by atoms with Crippen molar-refractivity contribution >= 4 is 74.9 Å². The number of hydrogen-bond acceptors (Lipinski definition) is 1. The Bertz CT molecular complexity index is 1900. The molecule has 0 radical (unpaired) electrons. The number of nitrogens with zero attached hydrogens (tertiary/aromatic N) is 1. The van der Waals surface area contributed by atoms with E-state index in [4.69, 9.17) is 0 Å². The van der Waals surface area contributed by atoms with E-state index in [1.165, 1.54) is 95.6 Å². The first-order chi connectivity index (χ1) is 16.9. The lowest BCUT2D eigenvalue weighted by Crippen LogP contribution is -2.12. The maximum Gasteiger partial charge on any atom is 0.0581 e. The zero-order valence-corrected chi connectivity index (χ0v) is 19.9. The van der Waals surface area contributed by atoms with E-state index in [9.17, 15) is 0 Å². The maximum atomic E-state index is 2.73. The van der Waals surface area contributed by atoms with Gasteiger partial charge in [-0.15, -0.1) is 11.3 Å².